The van der Waals surface area contributed by atoms with E-state index < -0.39 is 23.0 Å². The van der Waals surface area contributed by atoms with Crippen LogP contribution in [0.15, 0.2) is 35.4 Å². The van der Waals surface area contributed by atoms with Crippen LogP contribution in [-0.2, 0) is 16.0 Å². The lowest BCUT2D eigenvalue weighted by molar-refractivity contribution is 0.0520. The molecule has 0 radical (unpaired) electrons. The monoisotopic (exact) mass is 377 g/mol. The minimum absolute atomic E-state index is 0.00473. The van der Waals surface area contributed by atoms with E-state index in [9.17, 15) is 18.4 Å². The van der Waals surface area contributed by atoms with Gasteiger partial charge in [-0.05, 0) is 37.8 Å². The topological polar surface area (TPSA) is 57.5 Å². The number of esters is 1. The van der Waals surface area contributed by atoms with E-state index in [1.165, 1.54) is 18.5 Å². The molecule has 0 atom stereocenters. The summed E-state index contributed by atoms with van der Waals surface area (Å²) in [5, 5.41) is 0. The van der Waals surface area contributed by atoms with E-state index in [1.807, 2.05) is 0 Å². The molecule has 7 heteroatoms. The molecular weight excluding hydrogens is 356 g/mol. The van der Waals surface area contributed by atoms with Crippen molar-refractivity contribution in [3.8, 4) is 11.1 Å². The molecule has 144 valence electrons. The summed E-state index contributed by atoms with van der Waals surface area (Å²) in [7, 11) is 0. The number of carbonyl (C=O) groups is 1. The highest BCUT2D eigenvalue weighted by Crippen LogP contribution is 2.23. The Kier molecular flexibility index (Phi) is 6.01. The normalized spacial score (nSPS) is 14.9. The molecule has 0 unspecified atom stereocenters. The highest BCUT2D eigenvalue weighted by molar-refractivity contribution is 5.90. The number of ether oxygens (including phenoxy) is 2. The maximum Gasteiger partial charge on any atom is 0.343 e. The lowest BCUT2D eigenvalue weighted by Crippen LogP contribution is -2.25. The molecule has 5 nitrogen and oxygen atoms in total. The average Bonchev–Trinajstić information content (AvgIpc) is 2.64. The van der Waals surface area contributed by atoms with Crippen LogP contribution in [-0.4, -0.2) is 30.4 Å². The van der Waals surface area contributed by atoms with Crippen molar-refractivity contribution >= 4 is 5.97 Å². The number of hydrogen-bond acceptors (Lipinski definition) is 4. The van der Waals surface area contributed by atoms with Crippen LogP contribution in [0.1, 0.15) is 30.1 Å². The molecule has 2 aromatic rings. The van der Waals surface area contributed by atoms with Crippen LogP contribution in [0.25, 0.3) is 11.1 Å². The Morgan fingerprint density at radius 3 is 2.63 bits per heavy atom. The van der Waals surface area contributed by atoms with E-state index in [1.54, 1.807) is 11.5 Å². The maximum atomic E-state index is 14.3. The van der Waals surface area contributed by atoms with Crippen molar-refractivity contribution in [2.24, 2.45) is 5.92 Å². The highest BCUT2D eigenvalue weighted by atomic mass is 19.1. The second-order valence-corrected chi connectivity index (χ2v) is 6.51. The molecule has 1 aromatic carbocycles. The summed E-state index contributed by atoms with van der Waals surface area (Å²) < 4.78 is 39.5. The number of halogens is 2. The van der Waals surface area contributed by atoms with Gasteiger partial charge in [-0.15, -0.1) is 0 Å². The molecule has 1 aliphatic rings. The summed E-state index contributed by atoms with van der Waals surface area (Å²) in [6.07, 6.45) is 4.68. The lowest BCUT2D eigenvalue weighted by Gasteiger charge is -2.23. The quantitative estimate of drug-likeness (QED) is 0.750. The number of benzene rings is 1. The van der Waals surface area contributed by atoms with Crippen molar-refractivity contribution in [2.75, 3.05) is 19.8 Å². The minimum atomic E-state index is -0.856. The number of carbonyl (C=O) groups excluding carboxylic acids is 1. The number of nitrogens with zero attached hydrogens (tertiary/aromatic N) is 1. The molecule has 2 heterocycles. The first-order valence-corrected chi connectivity index (χ1v) is 8.94. The number of rotatable bonds is 5. The fourth-order valence-corrected chi connectivity index (χ4v) is 3.22. The first-order valence-electron chi connectivity index (χ1n) is 8.94. The zero-order valence-corrected chi connectivity index (χ0v) is 15.0. The number of pyridine rings is 1. The first kappa shape index (κ1) is 19.2. The van der Waals surface area contributed by atoms with E-state index >= 15 is 0 Å². The molecule has 1 saturated heterocycles. The van der Waals surface area contributed by atoms with Gasteiger partial charge in [-0.1, -0.05) is 0 Å². The second kappa shape index (κ2) is 8.43. The van der Waals surface area contributed by atoms with Gasteiger partial charge < -0.3 is 14.0 Å². The third-order valence-electron chi connectivity index (χ3n) is 4.61. The number of aromatic nitrogens is 1. The molecule has 1 aliphatic heterocycles. The first-order chi connectivity index (χ1) is 13.0. The van der Waals surface area contributed by atoms with Crippen LogP contribution in [0.2, 0.25) is 0 Å². The van der Waals surface area contributed by atoms with Gasteiger partial charge in [0.25, 0.3) is 0 Å². The van der Waals surface area contributed by atoms with Crippen molar-refractivity contribution in [3.05, 3.63) is 58.0 Å². The molecule has 27 heavy (non-hydrogen) atoms. The van der Waals surface area contributed by atoms with E-state index in [-0.39, 0.29) is 23.3 Å². The Labute approximate surface area is 155 Å². The fourth-order valence-electron chi connectivity index (χ4n) is 3.22. The van der Waals surface area contributed by atoms with Crippen LogP contribution >= 0.6 is 0 Å². The second-order valence-electron chi connectivity index (χ2n) is 6.51. The summed E-state index contributed by atoms with van der Waals surface area (Å²) in [6.45, 7) is 3.64. The Morgan fingerprint density at radius 1 is 1.22 bits per heavy atom. The number of hydrogen-bond donors (Lipinski definition) is 0. The molecule has 0 aliphatic carbocycles. The summed E-state index contributed by atoms with van der Waals surface area (Å²) in [4.78, 5) is 25.0. The summed E-state index contributed by atoms with van der Waals surface area (Å²) in [6, 6.07) is 3.00. The third kappa shape index (κ3) is 4.42. The summed E-state index contributed by atoms with van der Waals surface area (Å²) in [5.41, 5.74) is -0.842. The van der Waals surface area contributed by atoms with Crippen LogP contribution < -0.4 is 5.43 Å². The van der Waals surface area contributed by atoms with E-state index in [4.69, 9.17) is 9.47 Å². The van der Waals surface area contributed by atoms with Crippen LogP contribution in [0, 0.1) is 17.6 Å². The largest absolute Gasteiger partial charge is 0.462 e. The molecule has 0 bridgehead atoms. The van der Waals surface area contributed by atoms with Crippen molar-refractivity contribution in [1.29, 1.82) is 0 Å². The van der Waals surface area contributed by atoms with Gasteiger partial charge in [0, 0.05) is 49.3 Å². The van der Waals surface area contributed by atoms with Crippen LogP contribution in [0.3, 0.4) is 0 Å². The van der Waals surface area contributed by atoms with Gasteiger partial charge in [-0.25, -0.2) is 13.6 Å². The average molecular weight is 377 g/mol. The van der Waals surface area contributed by atoms with Gasteiger partial charge in [0.15, 0.2) is 0 Å². The van der Waals surface area contributed by atoms with E-state index in [0.717, 1.165) is 18.9 Å². The Balaban J connectivity index is 2.07. The van der Waals surface area contributed by atoms with Crippen LogP contribution in [0.4, 0.5) is 8.78 Å². The third-order valence-corrected chi connectivity index (χ3v) is 4.61. The Bertz CT molecular complexity index is 888. The Hall–Kier alpha value is -2.54. The van der Waals surface area contributed by atoms with Gasteiger partial charge in [-0.2, -0.15) is 0 Å². The lowest BCUT2D eigenvalue weighted by atomic mass is 9.99. The molecule has 3 rings (SSSR count). The van der Waals surface area contributed by atoms with Crippen molar-refractivity contribution in [1.82, 2.24) is 4.57 Å². The van der Waals surface area contributed by atoms with Crippen LogP contribution in [0.5, 0.6) is 0 Å². The van der Waals surface area contributed by atoms with Gasteiger partial charge in [-0.3, -0.25) is 4.79 Å². The van der Waals surface area contributed by atoms with Gasteiger partial charge in [0.1, 0.15) is 17.2 Å². The summed E-state index contributed by atoms with van der Waals surface area (Å²) in [5.74, 6) is -2.03. The predicted molar refractivity (Wildman–Crippen MR) is 95.6 cm³/mol. The van der Waals surface area contributed by atoms with Gasteiger partial charge >= 0.3 is 5.97 Å². The SMILES string of the molecule is CCOC(=O)c1cn(CC2CCOCC2)cc(-c2ccc(F)cc2F)c1=O. The summed E-state index contributed by atoms with van der Waals surface area (Å²) >= 11 is 0. The molecule has 0 spiro atoms. The Morgan fingerprint density at radius 2 is 1.96 bits per heavy atom. The van der Waals surface area contributed by atoms with Crippen molar-refractivity contribution in [2.45, 2.75) is 26.3 Å². The van der Waals surface area contributed by atoms with Gasteiger partial charge in [0.05, 0.1) is 6.61 Å². The standard InChI is InChI=1S/C20H21F2NO4/c1-2-27-20(25)17-12-23(10-13-5-7-26-8-6-13)11-16(19(17)24)15-4-3-14(21)9-18(15)22/h3-4,9,11-13H,2,5-8,10H2,1H3. The van der Waals surface area contributed by atoms with Gasteiger partial charge in [0.2, 0.25) is 5.43 Å². The zero-order chi connectivity index (χ0) is 19.4. The molecule has 1 fully saturated rings. The molecule has 1 aromatic heterocycles. The van der Waals surface area contributed by atoms with E-state index in [0.29, 0.717) is 31.7 Å². The van der Waals surface area contributed by atoms with Crippen molar-refractivity contribution in [3.63, 3.8) is 0 Å². The zero-order valence-electron chi connectivity index (χ0n) is 15.0. The molecular formula is C20H21F2NO4. The molecule has 0 amide bonds. The smallest absolute Gasteiger partial charge is 0.343 e. The fraction of sp³-hybridized carbons (Fsp3) is 0.400. The predicted octanol–water partition coefficient (Wildman–Crippen LogP) is 3.40. The van der Waals surface area contributed by atoms with Crippen molar-refractivity contribution < 1.29 is 23.0 Å². The highest BCUT2D eigenvalue weighted by Gasteiger charge is 2.21. The minimum Gasteiger partial charge on any atom is -0.462 e. The molecule has 0 saturated carbocycles. The van der Waals surface area contributed by atoms with E-state index in [2.05, 4.69) is 0 Å². The maximum absolute atomic E-state index is 14.3. The molecule has 0 N–H and O–H groups in total.